The van der Waals surface area contributed by atoms with Gasteiger partial charge in [0.25, 0.3) is 0 Å². The van der Waals surface area contributed by atoms with Crippen LogP contribution in [0.25, 0.3) is 11.3 Å². The highest BCUT2D eigenvalue weighted by atomic mass is 79.9. The van der Waals surface area contributed by atoms with E-state index in [9.17, 15) is 4.79 Å². The number of carbonyl (C=O) groups excluding carboxylic acids is 1. The quantitative estimate of drug-likeness (QED) is 0.131. The maximum absolute atomic E-state index is 11.9. The maximum Gasteiger partial charge on any atom is 0.180 e. The molecule has 5 aromatic rings. The van der Waals surface area contributed by atoms with Crippen LogP contribution >= 0.6 is 50.8 Å². The third-order valence-electron chi connectivity index (χ3n) is 6.15. The first kappa shape index (κ1) is 34.6. The second-order valence-electron chi connectivity index (χ2n) is 9.64. The molecule has 224 valence electrons. The zero-order valence-corrected chi connectivity index (χ0v) is 29.1. The fraction of sp³-hybridized carbons (Fsp3) is 0.200. The number of hydrogen-bond donors (Lipinski definition) is 2. The minimum atomic E-state index is 0.145. The first-order chi connectivity index (χ1) is 20.7. The van der Waals surface area contributed by atoms with Gasteiger partial charge in [-0.25, -0.2) is 4.98 Å². The number of nitrogens with zero attached hydrogens (tertiary/aromatic N) is 1. The number of Topliss-reactive ketones (excluding diaryl/α,β-unsaturated/α-hetero) is 1. The largest absolute Gasteiger partial charge is 0.397 e. The van der Waals surface area contributed by atoms with E-state index in [0.29, 0.717) is 10.5 Å². The van der Waals surface area contributed by atoms with Gasteiger partial charge >= 0.3 is 0 Å². The van der Waals surface area contributed by atoms with E-state index >= 15 is 0 Å². The third kappa shape index (κ3) is 10.4. The van der Waals surface area contributed by atoms with Gasteiger partial charge in [-0.05, 0) is 105 Å². The molecule has 0 atom stereocenters. The Morgan fingerprint density at radius 2 is 1.21 bits per heavy atom. The Balaban J connectivity index is 0.000000217. The summed E-state index contributed by atoms with van der Waals surface area (Å²) in [6, 6.07) is 29.3. The van der Waals surface area contributed by atoms with Gasteiger partial charge in [0.2, 0.25) is 0 Å². The molecule has 0 aliphatic carbocycles. The molecular formula is C35H37BrN2O2S3. The number of aliphatic hydroxyl groups is 1. The molecule has 0 saturated heterocycles. The molecule has 5 rings (SSSR count). The molecule has 0 unspecified atom stereocenters. The molecule has 0 fully saturated rings. The standard InChI is InChI=1S/C17H16N2S2.C16H15BrOS.C2H6O/c1-11-8-14(21-13-6-4-3-5-7-13)9-12(2)16(11)15-10-20-17(18)19-15;1-11-8-14(19-13-6-4-3-5-7-13)9-12(2)16(11)15(18)10-17;1-2-3/h3-10H,1-2H3,(H2,18,19);3-9H,10H2,1-2H3;3H,2H2,1H3. The Labute approximate surface area is 276 Å². The molecule has 8 heteroatoms. The van der Waals surface area contributed by atoms with Crippen molar-refractivity contribution in [2.45, 2.75) is 54.2 Å². The highest BCUT2D eigenvalue weighted by Crippen LogP contribution is 2.35. The van der Waals surface area contributed by atoms with Gasteiger partial charge in [0.05, 0.1) is 11.0 Å². The number of benzene rings is 4. The molecule has 1 heterocycles. The number of alkyl halides is 1. The zero-order valence-electron chi connectivity index (χ0n) is 25.1. The number of nitrogen functional groups attached to an aromatic ring is 1. The number of halogens is 1. The molecule has 0 amide bonds. The van der Waals surface area contributed by atoms with E-state index in [1.165, 1.54) is 47.6 Å². The number of aliphatic hydroxyl groups excluding tert-OH is 1. The van der Waals surface area contributed by atoms with E-state index in [-0.39, 0.29) is 12.4 Å². The van der Waals surface area contributed by atoms with Crippen LogP contribution in [0.1, 0.15) is 39.5 Å². The Hall–Kier alpha value is -2.88. The number of hydrogen-bond acceptors (Lipinski definition) is 7. The molecule has 0 aliphatic rings. The number of nitrogens with two attached hydrogens (primary N) is 1. The summed E-state index contributed by atoms with van der Waals surface area (Å²) in [7, 11) is 0. The second kappa shape index (κ2) is 17.4. The first-order valence-corrected chi connectivity index (χ1v) is 17.4. The average molecular weight is 694 g/mol. The third-order valence-corrected chi connectivity index (χ3v) is 9.29. The molecular weight excluding hydrogens is 657 g/mol. The van der Waals surface area contributed by atoms with E-state index in [1.807, 2.05) is 43.5 Å². The van der Waals surface area contributed by atoms with E-state index in [1.54, 1.807) is 30.4 Å². The van der Waals surface area contributed by atoms with Crippen molar-refractivity contribution in [1.29, 1.82) is 0 Å². The highest BCUT2D eigenvalue weighted by molar-refractivity contribution is 9.09. The Kier molecular flexibility index (Phi) is 14.0. The molecule has 0 radical (unpaired) electrons. The normalized spacial score (nSPS) is 10.3. The van der Waals surface area contributed by atoms with Gasteiger partial charge in [-0.1, -0.05) is 75.9 Å². The second-order valence-corrected chi connectivity index (χ2v) is 13.4. The molecule has 3 N–H and O–H groups in total. The number of thiazole rings is 1. The summed E-state index contributed by atoms with van der Waals surface area (Å²) in [5, 5.41) is 10.6. The van der Waals surface area contributed by atoms with Crippen molar-refractivity contribution in [2.24, 2.45) is 0 Å². The molecule has 0 bridgehead atoms. The van der Waals surface area contributed by atoms with Gasteiger partial charge < -0.3 is 10.8 Å². The summed E-state index contributed by atoms with van der Waals surface area (Å²) in [5.41, 5.74) is 13.3. The first-order valence-electron chi connectivity index (χ1n) is 13.8. The Morgan fingerprint density at radius 1 is 0.791 bits per heavy atom. The van der Waals surface area contributed by atoms with Crippen LogP contribution in [0.2, 0.25) is 0 Å². The van der Waals surface area contributed by atoms with Gasteiger partial charge in [0, 0.05) is 42.7 Å². The lowest BCUT2D eigenvalue weighted by molar-refractivity contribution is 0.102. The SMILES string of the molecule is CCO.Cc1cc(Sc2ccccc2)cc(C)c1-c1csc(N)n1.Cc1cc(Sc2ccccc2)cc(C)c1C(=O)CBr. The van der Waals surface area contributed by atoms with Crippen LogP contribution in [0.15, 0.2) is 110 Å². The van der Waals surface area contributed by atoms with Crippen LogP contribution < -0.4 is 5.73 Å². The molecule has 0 saturated carbocycles. The van der Waals surface area contributed by atoms with Gasteiger partial charge in [0.15, 0.2) is 10.9 Å². The molecule has 43 heavy (non-hydrogen) atoms. The number of anilines is 1. The maximum atomic E-state index is 11.9. The van der Waals surface area contributed by atoms with Gasteiger partial charge in [-0.2, -0.15) is 0 Å². The number of carbonyl (C=O) groups is 1. The van der Waals surface area contributed by atoms with Crippen molar-refractivity contribution < 1.29 is 9.90 Å². The van der Waals surface area contributed by atoms with Crippen LogP contribution in [0.5, 0.6) is 0 Å². The van der Waals surface area contributed by atoms with Crippen molar-refractivity contribution in [3.63, 3.8) is 0 Å². The lowest BCUT2D eigenvalue weighted by atomic mass is 10.00. The van der Waals surface area contributed by atoms with Gasteiger partial charge in [0.1, 0.15) is 0 Å². The topological polar surface area (TPSA) is 76.2 Å². The van der Waals surface area contributed by atoms with Crippen LogP contribution in [-0.4, -0.2) is 27.8 Å². The fourth-order valence-electron chi connectivity index (χ4n) is 4.53. The van der Waals surface area contributed by atoms with Crippen LogP contribution in [-0.2, 0) is 0 Å². The lowest BCUT2D eigenvalue weighted by Crippen LogP contribution is -2.05. The summed E-state index contributed by atoms with van der Waals surface area (Å²) >= 11 is 8.23. The van der Waals surface area contributed by atoms with E-state index in [0.717, 1.165) is 22.4 Å². The van der Waals surface area contributed by atoms with E-state index < -0.39 is 0 Å². The Bertz CT molecular complexity index is 1580. The number of rotatable bonds is 7. The lowest BCUT2D eigenvalue weighted by Gasteiger charge is -2.11. The van der Waals surface area contributed by atoms with Crippen LogP contribution in [0, 0.1) is 27.7 Å². The minimum absolute atomic E-state index is 0.145. The number of aromatic nitrogens is 1. The van der Waals surface area contributed by atoms with Crippen molar-refractivity contribution in [3.05, 3.63) is 118 Å². The van der Waals surface area contributed by atoms with Crippen LogP contribution in [0.4, 0.5) is 5.13 Å². The fourth-order valence-corrected chi connectivity index (χ4v) is 7.44. The molecule has 4 aromatic carbocycles. The summed E-state index contributed by atoms with van der Waals surface area (Å²) in [4.78, 5) is 21.2. The van der Waals surface area contributed by atoms with E-state index in [2.05, 4.69) is 95.4 Å². The molecule has 4 nitrogen and oxygen atoms in total. The van der Waals surface area contributed by atoms with Crippen molar-refractivity contribution in [3.8, 4) is 11.3 Å². The zero-order chi connectivity index (χ0) is 31.4. The summed E-state index contributed by atoms with van der Waals surface area (Å²) in [5.74, 6) is 0.145. The Morgan fingerprint density at radius 3 is 1.58 bits per heavy atom. The van der Waals surface area contributed by atoms with Crippen LogP contribution in [0.3, 0.4) is 0 Å². The monoisotopic (exact) mass is 692 g/mol. The number of ketones is 1. The predicted molar refractivity (Wildman–Crippen MR) is 189 cm³/mol. The van der Waals surface area contributed by atoms with Crippen molar-refractivity contribution >= 4 is 61.7 Å². The minimum Gasteiger partial charge on any atom is -0.397 e. The molecule has 0 aliphatic heterocycles. The smallest absolute Gasteiger partial charge is 0.180 e. The summed E-state index contributed by atoms with van der Waals surface area (Å²) in [6.07, 6.45) is 0. The summed E-state index contributed by atoms with van der Waals surface area (Å²) < 4.78 is 0. The van der Waals surface area contributed by atoms with Crippen molar-refractivity contribution in [2.75, 3.05) is 17.7 Å². The molecule has 1 aromatic heterocycles. The summed E-state index contributed by atoms with van der Waals surface area (Å²) in [6.45, 7) is 10.2. The van der Waals surface area contributed by atoms with Gasteiger partial charge in [-0.3, -0.25) is 4.79 Å². The van der Waals surface area contributed by atoms with E-state index in [4.69, 9.17) is 10.8 Å². The van der Waals surface area contributed by atoms with Crippen molar-refractivity contribution in [1.82, 2.24) is 4.98 Å². The van der Waals surface area contributed by atoms with Gasteiger partial charge in [-0.15, -0.1) is 11.3 Å². The average Bonchev–Trinajstić information content (AvgIpc) is 3.39. The highest BCUT2D eigenvalue weighted by Gasteiger charge is 2.13. The predicted octanol–water partition coefficient (Wildman–Crippen LogP) is 10.2. The molecule has 0 spiro atoms. The number of aryl methyl sites for hydroxylation is 4.